The second kappa shape index (κ2) is 11.9. The molecule has 8 nitrogen and oxygen atoms in total. The molecule has 2 aliphatic rings. The van der Waals surface area contributed by atoms with E-state index in [1.165, 1.54) is 30.3 Å². The molecule has 0 spiro atoms. The van der Waals surface area contributed by atoms with Crippen LogP contribution < -0.4 is 4.74 Å². The first kappa shape index (κ1) is 29.5. The van der Waals surface area contributed by atoms with Crippen molar-refractivity contribution in [3.63, 3.8) is 0 Å². The summed E-state index contributed by atoms with van der Waals surface area (Å²) < 4.78 is 59.0. The molecule has 46 heavy (non-hydrogen) atoms. The zero-order valence-corrected chi connectivity index (χ0v) is 24.4. The van der Waals surface area contributed by atoms with Gasteiger partial charge in [0.05, 0.1) is 53.2 Å². The Kier molecular flexibility index (Phi) is 7.66. The van der Waals surface area contributed by atoms with Gasteiger partial charge in [0.15, 0.2) is 0 Å². The maximum atomic E-state index is 15.7. The zero-order valence-electron chi connectivity index (χ0n) is 24.4. The number of hydrogen-bond donors (Lipinski definition) is 1. The van der Waals surface area contributed by atoms with Gasteiger partial charge in [-0.05, 0) is 72.9 Å². The fourth-order valence-corrected chi connectivity index (χ4v) is 6.19. The van der Waals surface area contributed by atoms with Crippen molar-refractivity contribution in [2.45, 2.75) is 31.9 Å². The number of carboxylic acids is 1. The van der Waals surface area contributed by atoms with Crippen LogP contribution in [0.1, 0.15) is 51.8 Å². The molecule has 1 unspecified atom stereocenters. The van der Waals surface area contributed by atoms with Gasteiger partial charge in [-0.25, -0.2) is 27.9 Å². The Balaban J connectivity index is 1.18. The Bertz CT molecular complexity index is 2030. The second-order valence-electron chi connectivity index (χ2n) is 11.7. The second-order valence-corrected chi connectivity index (χ2v) is 11.7. The van der Waals surface area contributed by atoms with E-state index in [2.05, 4.69) is 4.98 Å². The fourth-order valence-electron chi connectivity index (χ4n) is 6.19. The molecular weight excluding hydrogens is 597 g/mol. The van der Waals surface area contributed by atoms with Crippen LogP contribution in [0.25, 0.3) is 22.3 Å². The van der Waals surface area contributed by atoms with E-state index in [-0.39, 0.29) is 64.4 Å². The number of aromatic nitrogens is 3. The molecule has 11 heteroatoms. The average molecular weight is 625 g/mol. The lowest BCUT2D eigenvalue weighted by molar-refractivity contribution is 0.0697. The minimum atomic E-state index is -1.06. The molecule has 0 amide bonds. The lowest BCUT2D eigenvalue weighted by Gasteiger charge is -2.22. The van der Waals surface area contributed by atoms with E-state index < -0.39 is 23.4 Å². The molecule has 2 atom stereocenters. The van der Waals surface area contributed by atoms with Gasteiger partial charge >= 0.3 is 5.97 Å². The number of pyridine rings is 1. The average Bonchev–Trinajstić information content (AvgIpc) is 3.67. The smallest absolute Gasteiger partial charge is 0.335 e. The van der Waals surface area contributed by atoms with Crippen molar-refractivity contribution in [3.8, 4) is 23.2 Å². The molecule has 1 N–H and O–H groups in total. The number of aromatic carboxylic acids is 1. The van der Waals surface area contributed by atoms with Crippen LogP contribution in [-0.4, -0.2) is 38.8 Å². The third-order valence-corrected chi connectivity index (χ3v) is 8.70. The Hall–Kier alpha value is -5.21. The molecule has 3 heterocycles. The molecule has 1 saturated carbocycles. The molecular formula is C35H27F3N4O4. The summed E-state index contributed by atoms with van der Waals surface area (Å²) in [7, 11) is 0. The highest BCUT2D eigenvalue weighted by molar-refractivity contribution is 5.92. The van der Waals surface area contributed by atoms with E-state index in [1.807, 2.05) is 10.6 Å². The summed E-state index contributed by atoms with van der Waals surface area (Å²) in [6.45, 7) is 0.837. The van der Waals surface area contributed by atoms with E-state index in [4.69, 9.17) is 19.7 Å². The van der Waals surface area contributed by atoms with Gasteiger partial charge in [0.2, 0.25) is 5.88 Å². The summed E-state index contributed by atoms with van der Waals surface area (Å²) in [5.74, 6) is -1.71. The molecule has 5 aromatic rings. The van der Waals surface area contributed by atoms with Gasteiger partial charge in [-0.1, -0.05) is 12.1 Å². The predicted octanol–water partition coefficient (Wildman–Crippen LogP) is 6.85. The lowest BCUT2D eigenvalue weighted by Crippen LogP contribution is -2.22. The summed E-state index contributed by atoms with van der Waals surface area (Å²) >= 11 is 0. The molecule has 1 saturated heterocycles. The largest absolute Gasteiger partial charge is 0.478 e. The van der Waals surface area contributed by atoms with Crippen LogP contribution in [0.2, 0.25) is 0 Å². The van der Waals surface area contributed by atoms with Crippen molar-refractivity contribution in [3.05, 3.63) is 112 Å². The number of carboxylic acid groups (broad SMARTS) is 1. The van der Waals surface area contributed by atoms with Crippen LogP contribution in [-0.2, 0) is 17.8 Å². The van der Waals surface area contributed by atoms with E-state index in [0.29, 0.717) is 36.0 Å². The number of imidazole rings is 1. The molecule has 232 valence electrons. The number of ether oxygens (including phenoxy) is 2. The molecule has 3 aromatic carbocycles. The summed E-state index contributed by atoms with van der Waals surface area (Å²) in [4.78, 5) is 20.8. The van der Waals surface area contributed by atoms with E-state index in [9.17, 15) is 14.3 Å². The van der Waals surface area contributed by atoms with Gasteiger partial charge in [-0.3, -0.25) is 0 Å². The van der Waals surface area contributed by atoms with Crippen LogP contribution in [0.4, 0.5) is 13.2 Å². The van der Waals surface area contributed by atoms with Crippen molar-refractivity contribution >= 4 is 17.0 Å². The van der Waals surface area contributed by atoms with Crippen molar-refractivity contribution in [1.29, 1.82) is 5.26 Å². The predicted molar refractivity (Wildman–Crippen MR) is 161 cm³/mol. The Labute approximate surface area is 261 Å². The monoisotopic (exact) mass is 624 g/mol. The normalized spacial score (nSPS) is 17.7. The highest BCUT2D eigenvalue weighted by Gasteiger charge is 2.42. The quantitative estimate of drug-likeness (QED) is 0.191. The number of hydrogen-bond acceptors (Lipinski definition) is 6. The van der Waals surface area contributed by atoms with Crippen molar-refractivity contribution in [2.24, 2.45) is 11.8 Å². The number of rotatable bonds is 9. The topological polar surface area (TPSA) is 110 Å². The van der Waals surface area contributed by atoms with Gasteiger partial charge in [0.1, 0.15) is 29.9 Å². The standard InChI is InChI=1S/C35H27F3N4O4/c36-26-10-19(15-39)4-5-22(26)16-46-34-3-1-2-29(41-34)24-14-27(37)23(11-28(24)38)13-33-40-30-9-8-21(35(43)44)12-31(30)42(33)32-18-45-17-25(32)20-6-7-20/h1-5,8-12,14,20,25,32H,6-7,13,16-18H2,(H,43,44)/t25?,32-/m0/s1. The Morgan fingerprint density at radius 2 is 1.80 bits per heavy atom. The maximum Gasteiger partial charge on any atom is 0.335 e. The van der Waals surface area contributed by atoms with Crippen molar-refractivity contribution in [2.75, 3.05) is 13.2 Å². The highest BCUT2D eigenvalue weighted by Crippen LogP contribution is 2.46. The first-order valence-electron chi connectivity index (χ1n) is 14.9. The minimum absolute atomic E-state index is 0.0270. The molecule has 1 aliphatic carbocycles. The van der Waals surface area contributed by atoms with Crippen LogP contribution in [0.3, 0.4) is 0 Å². The summed E-state index contributed by atoms with van der Waals surface area (Å²) in [6, 6.07) is 17.3. The molecule has 0 bridgehead atoms. The maximum absolute atomic E-state index is 15.7. The van der Waals surface area contributed by atoms with E-state index in [0.717, 1.165) is 31.0 Å². The van der Waals surface area contributed by atoms with Gasteiger partial charge in [0.25, 0.3) is 0 Å². The summed E-state index contributed by atoms with van der Waals surface area (Å²) in [5, 5.41) is 18.6. The number of carbonyl (C=O) groups is 1. The third-order valence-electron chi connectivity index (χ3n) is 8.70. The SMILES string of the molecule is N#Cc1ccc(COc2cccc(-c3cc(F)c(Cc4nc5ccc(C(=O)O)cc5n4[C@H]4COCC4C4CC4)cc3F)n2)c(F)c1. The molecule has 2 aromatic heterocycles. The number of nitrogens with zero attached hydrogens (tertiary/aromatic N) is 4. The van der Waals surface area contributed by atoms with Gasteiger partial charge in [0, 0.05) is 29.5 Å². The summed E-state index contributed by atoms with van der Waals surface area (Å²) in [6.07, 6.45) is 2.17. The van der Waals surface area contributed by atoms with Crippen LogP contribution >= 0.6 is 0 Å². The van der Waals surface area contributed by atoms with Crippen LogP contribution in [0.5, 0.6) is 5.88 Å². The lowest BCUT2D eigenvalue weighted by atomic mass is 9.97. The minimum Gasteiger partial charge on any atom is -0.478 e. The highest BCUT2D eigenvalue weighted by atomic mass is 19.1. The van der Waals surface area contributed by atoms with Gasteiger partial charge in [-0.15, -0.1) is 0 Å². The first-order chi connectivity index (χ1) is 22.3. The van der Waals surface area contributed by atoms with E-state index in [1.54, 1.807) is 18.2 Å². The Morgan fingerprint density at radius 3 is 2.57 bits per heavy atom. The number of benzene rings is 3. The molecule has 7 rings (SSSR count). The molecule has 1 aliphatic heterocycles. The number of halogens is 3. The van der Waals surface area contributed by atoms with Crippen LogP contribution in [0.15, 0.2) is 66.7 Å². The van der Waals surface area contributed by atoms with Crippen LogP contribution in [0, 0.1) is 40.6 Å². The van der Waals surface area contributed by atoms with Gasteiger partial charge in [-0.2, -0.15) is 5.26 Å². The van der Waals surface area contributed by atoms with Crippen molar-refractivity contribution < 1.29 is 32.5 Å². The number of nitriles is 1. The van der Waals surface area contributed by atoms with Gasteiger partial charge < -0.3 is 19.1 Å². The van der Waals surface area contributed by atoms with E-state index >= 15 is 8.78 Å². The first-order valence-corrected chi connectivity index (χ1v) is 14.9. The molecule has 2 fully saturated rings. The molecule has 0 radical (unpaired) electrons. The Morgan fingerprint density at radius 1 is 0.978 bits per heavy atom. The fraction of sp³-hybridized carbons (Fsp3) is 0.257. The van der Waals surface area contributed by atoms with Crippen molar-refractivity contribution in [1.82, 2.24) is 14.5 Å². The number of fused-ring (bicyclic) bond motifs is 1. The third kappa shape index (κ3) is 5.68. The zero-order chi connectivity index (χ0) is 31.9. The summed E-state index contributed by atoms with van der Waals surface area (Å²) in [5.41, 5.74) is 1.84.